The molecule has 0 aliphatic heterocycles. The minimum absolute atomic E-state index is 0.0447. The Kier molecular flexibility index (Phi) is 4.04. The fourth-order valence-corrected chi connectivity index (χ4v) is 2.46. The van der Waals surface area contributed by atoms with Gasteiger partial charge in [-0.05, 0) is 43.7 Å². The first-order chi connectivity index (χ1) is 10.6. The molecule has 0 amide bonds. The van der Waals surface area contributed by atoms with Crippen molar-refractivity contribution in [1.29, 1.82) is 0 Å². The Morgan fingerprint density at radius 2 is 2.00 bits per heavy atom. The lowest BCUT2D eigenvalue weighted by Gasteiger charge is -2.16. The summed E-state index contributed by atoms with van der Waals surface area (Å²) >= 11 is 0. The normalized spacial score (nSPS) is 12.5. The van der Waals surface area contributed by atoms with E-state index in [1.807, 2.05) is 19.1 Å². The number of hydrogen-bond acceptors (Lipinski definition) is 3. The number of pyridine rings is 1. The number of furan rings is 1. The number of halogens is 2. The molecule has 1 unspecified atom stereocenters. The molecule has 0 saturated carbocycles. The number of anilines is 1. The second-order valence-corrected chi connectivity index (χ2v) is 5.27. The van der Waals surface area contributed by atoms with Gasteiger partial charge in [-0.15, -0.1) is 0 Å². The molecule has 1 aromatic carbocycles. The maximum atomic E-state index is 14.0. The molecule has 0 spiro atoms. The molecule has 0 saturated heterocycles. The Bertz CT molecular complexity index is 772. The number of nitrogens with one attached hydrogen (secondary N) is 1. The van der Waals surface area contributed by atoms with Gasteiger partial charge in [0, 0.05) is 24.3 Å². The molecule has 114 valence electrons. The Balaban J connectivity index is 1.80. The number of benzene rings is 1. The molecule has 0 fully saturated rings. The maximum Gasteiger partial charge on any atom is 0.149 e. The van der Waals surface area contributed by atoms with Crippen LogP contribution in [0.4, 0.5) is 14.5 Å². The summed E-state index contributed by atoms with van der Waals surface area (Å²) < 4.78 is 33.1. The van der Waals surface area contributed by atoms with Crippen LogP contribution in [0, 0.1) is 11.6 Å². The Labute approximate surface area is 127 Å². The van der Waals surface area contributed by atoms with Crippen molar-refractivity contribution in [3.63, 3.8) is 0 Å². The van der Waals surface area contributed by atoms with Gasteiger partial charge in [0.15, 0.2) is 0 Å². The van der Waals surface area contributed by atoms with Gasteiger partial charge in [-0.25, -0.2) is 8.78 Å². The summed E-state index contributed by atoms with van der Waals surface area (Å²) in [4.78, 5) is 3.93. The summed E-state index contributed by atoms with van der Waals surface area (Å²) in [6.07, 6.45) is 4.71. The van der Waals surface area contributed by atoms with Crippen molar-refractivity contribution in [2.24, 2.45) is 0 Å². The lowest BCUT2D eigenvalue weighted by Crippen LogP contribution is -2.16. The predicted molar refractivity (Wildman–Crippen MR) is 81.8 cm³/mol. The second-order valence-electron chi connectivity index (χ2n) is 5.27. The largest absolute Gasteiger partial charge is 0.469 e. The van der Waals surface area contributed by atoms with Crippen LogP contribution in [-0.4, -0.2) is 11.0 Å². The van der Waals surface area contributed by atoms with Gasteiger partial charge in [0.1, 0.15) is 22.9 Å². The molecular formula is C17H16F2N2O. The topological polar surface area (TPSA) is 38.1 Å². The summed E-state index contributed by atoms with van der Waals surface area (Å²) in [5, 5.41) is 3.41. The summed E-state index contributed by atoms with van der Waals surface area (Å²) in [5.74, 6) is -0.0982. The van der Waals surface area contributed by atoms with Crippen LogP contribution >= 0.6 is 0 Å². The van der Waals surface area contributed by atoms with Crippen molar-refractivity contribution in [1.82, 2.24) is 4.98 Å². The van der Waals surface area contributed by atoms with Gasteiger partial charge in [0.25, 0.3) is 0 Å². The van der Waals surface area contributed by atoms with Crippen LogP contribution in [0.1, 0.15) is 19.1 Å². The van der Waals surface area contributed by atoms with Crippen LogP contribution in [0.2, 0.25) is 0 Å². The first kappa shape index (κ1) is 14.5. The fraction of sp³-hybridized carbons (Fsp3) is 0.235. The Morgan fingerprint density at radius 1 is 1.18 bits per heavy atom. The summed E-state index contributed by atoms with van der Waals surface area (Å²) in [5.41, 5.74) is 0.595. The molecule has 0 bridgehead atoms. The molecule has 1 atom stereocenters. The first-order valence-electron chi connectivity index (χ1n) is 7.17. The SMILES string of the molecule is CC(CCc1ccco1)Nc1ccnc2c(F)ccc(F)c12. The molecule has 1 N–H and O–H groups in total. The third-order valence-electron chi connectivity index (χ3n) is 3.60. The van der Waals surface area contributed by atoms with Gasteiger partial charge in [0.2, 0.25) is 0 Å². The van der Waals surface area contributed by atoms with E-state index in [9.17, 15) is 8.78 Å². The minimum Gasteiger partial charge on any atom is -0.469 e. The maximum absolute atomic E-state index is 14.0. The average Bonchev–Trinajstić information content (AvgIpc) is 3.02. The third kappa shape index (κ3) is 2.93. The van der Waals surface area contributed by atoms with Gasteiger partial charge in [-0.2, -0.15) is 0 Å². The van der Waals surface area contributed by atoms with Crippen molar-refractivity contribution in [3.8, 4) is 0 Å². The lowest BCUT2D eigenvalue weighted by atomic mass is 10.1. The number of aromatic nitrogens is 1. The summed E-state index contributed by atoms with van der Waals surface area (Å²) in [6, 6.07) is 7.73. The van der Waals surface area contributed by atoms with E-state index in [-0.39, 0.29) is 16.9 Å². The smallest absolute Gasteiger partial charge is 0.149 e. The summed E-state index contributed by atoms with van der Waals surface area (Å²) in [6.45, 7) is 1.99. The van der Waals surface area contributed by atoms with E-state index in [2.05, 4.69) is 10.3 Å². The van der Waals surface area contributed by atoms with E-state index >= 15 is 0 Å². The number of fused-ring (bicyclic) bond motifs is 1. The van der Waals surface area contributed by atoms with Crippen LogP contribution < -0.4 is 5.32 Å². The minimum atomic E-state index is -0.525. The van der Waals surface area contributed by atoms with Crippen LogP contribution in [0.15, 0.2) is 47.2 Å². The first-order valence-corrected chi connectivity index (χ1v) is 7.17. The van der Waals surface area contributed by atoms with Gasteiger partial charge in [0.05, 0.1) is 11.6 Å². The van der Waals surface area contributed by atoms with E-state index in [0.29, 0.717) is 5.69 Å². The van der Waals surface area contributed by atoms with E-state index in [4.69, 9.17) is 4.42 Å². The number of nitrogens with zero attached hydrogens (tertiary/aromatic N) is 1. The Hall–Kier alpha value is -2.43. The summed E-state index contributed by atoms with van der Waals surface area (Å²) in [7, 11) is 0. The molecule has 0 radical (unpaired) electrons. The molecule has 2 heterocycles. The van der Waals surface area contributed by atoms with E-state index in [1.165, 1.54) is 6.20 Å². The number of aryl methyl sites for hydroxylation is 1. The molecule has 0 aliphatic rings. The van der Waals surface area contributed by atoms with Crippen molar-refractivity contribution in [2.45, 2.75) is 25.8 Å². The standard InChI is InChI=1S/C17H16F2N2O/c1-11(4-5-12-3-2-10-22-12)21-15-8-9-20-17-14(19)7-6-13(18)16(15)17/h2-3,6-11H,4-5H2,1H3,(H,20,21). The molecule has 3 aromatic rings. The Morgan fingerprint density at radius 3 is 2.77 bits per heavy atom. The molecule has 3 rings (SSSR count). The van der Waals surface area contributed by atoms with Crippen molar-refractivity contribution < 1.29 is 13.2 Å². The van der Waals surface area contributed by atoms with Crippen molar-refractivity contribution >= 4 is 16.6 Å². The van der Waals surface area contributed by atoms with Crippen molar-refractivity contribution in [3.05, 3.63) is 60.2 Å². The molecule has 5 heteroatoms. The van der Waals surface area contributed by atoms with E-state index in [0.717, 1.165) is 30.7 Å². The zero-order valence-electron chi connectivity index (χ0n) is 12.1. The molecule has 2 aromatic heterocycles. The van der Waals surface area contributed by atoms with Crippen LogP contribution in [0.5, 0.6) is 0 Å². The van der Waals surface area contributed by atoms with Crippen LogP contribution in [-0.2, 0) is 6.42 Å². The highest BCUT2D eigenvalue weighted by Crippen LogP contribution is 2.27. The highest BCUT2D eigenvalue weighted by Gasteiger charge is 2.13. The molecule has 3 nitrogen and oxygen atoms in total. The zero-order chi connectivity index (χ0) is 15.5. The third-order valence-corrected chi connectivity index (χ3v) is 3.60. The van der Waals surface area contributed by atoms with Gasteiger partial charge < -0.3 is 9.73 Å². The fourth-order valence-electron chi connectivity index (χ4n) is 2.46. The highest BCUT2D eigenvalue weighted by atomic mass is 19.1. The monoisotopic (exact) mass is 302 g/mol. The van der Waals surface area contributed by atoms with Gasteiger partial charge >= 0.3 is 0 Å². The highest BCUT2D eigenvalue weighted by molar-refractivity contribution is 5.92. The van der Waals surface area contributed by atoms with Crippen molar-refractivity contribution in [2.75, 3.05) is 5.32 Å². The second kappa shape index (κ2) is 6.13. The lowest BCUT2D eigenvalue weighted by molar-refractivity contribution is 0.495. The van der Waals surface area contributed by atoms with Gasteiger partial charge in [-0.3, -0.25) is 4.98 Å². The van der Waals surface area contributed by atoms with Crippen LogP contribution in [0.3, 0.4) is 0 Å². The average molecular weight is 302 g/mol. The quantitative estimate of drug-likeness (QED) is 0.752. The number of hydrogen-bond donors (Lipinski definition) is 1. The van der Waals surface area contributed by atoms with Crippen LogP contribution in [0.25, 0.3) is 10.9 Å². The molecule has 22 heavy (non-hydrogen) atoms. The number of rotatable bonds is 5. The molecular weight excluding hydrogens is 286 g/mol. The predicted octanol–water partition coefficient (Wildman–Crippen LogP) is 4.54. The van der Waals surface area contributed by atoms with Gasteiger partial charge in [-0.1, -0.05) is 0 Å². The van der Waals surface area contributed by atoms with E-state index in [1.54, 1.807) is 12.3 Å². The zero-order valence-corrected chi connectivity index (χ0v) is 12.1. The van der Waals surface area contributed by atoms with E-state index < -0.39 is 11.6 Å². The molecule has 0 aliphatic carbocycles.